The molecule has 2 aromatic rings. The smallest absolute Gasteiger partial charge is 0.268 e. The van der Waals surface area contributed by atoms with Gasteiger partial charge in [0.05, 0.1) is 11.1 Å². The Morgan fingerprint density at radius 1 is 1.09 bits per heavy atom. The van der Waals surface area contributed by atoms with E-state index in [0.29, 0.717) is 24.1 Å². The monoisotopic (exact) mass is 305 g/mol. The molecule has 1 aliphatic rings. The maximum absolute atomic E-state index is 12.5. The van der Waals surface area contributed by atoms with Crippen LogP contribution in [-0.2, 0) is 6.54 Å². The molecule has 1 aliphatic heterocycles. The second-order valence-electron chi connectivity index (χ2n) is 4.98. The van der Waals surface area contributed by atoms with Crippen LogP contribution in [0.5, 0.6) is 0 Å². The van der Waals surface area contributed by atoms with E-state index < -0.39 is 11.8 Å². The van der Waals surface area contributed by atoms with E-state index in [1.807, 2.05) is 19.1 Å². The standard InChI is InChI=1S/C16H11N5O2/c1-2-7-20-13(9-18)12(8-17)19-16(20)21-14(22)10-5-3-4-6-11(10)15(21)23/h3-6H,2,7H2,1H3. The molecule has 0 saturated heterocycles. The van der Waals surface area contributed by atoms with Gasteiger partial charge in [-0.2, -0.15) is 15.5 Å². The van der Waals surface area contributed by atoms with Gasteiger partial charge in [-0.05, 0) is 18.6 Å². The summed E-state index contributed by atoms with van der Waals surface area (Å²) in [5, 5.41) is 18.4. The summed E-state index contributed by atoms with van der Waals surface area (Å²) in [6.07, 6.45) is 0.659. The van der Waals surface area contributed by atoms with E-state index in [9.17, 15) is 14.9 Å². The third-order valence-electron chi connectivity index (χ3n) is 3.60. The first-order valence-electron chi connectivity index (χ1n) is 7.02. The first-order chi connectivity index (χ1) is 11.1. The zero-order valence-electron chi connectivity index (χ0n) is 12.3. The predicted octanol–water partition coefficient (Wildman–Crippen LogP) is 1.84. The van der Waals surface area contributed by atoms with E-state index in [1.54, 1.807) is 24.3 Å². The Balaban J connectivity index is 2.20. The molecule has 112 valence electrons. The minimum Gasteiger partial charge on any atom is -0.300 e. The van der Waals surface area contributed by atoms with Crippen LogP contribution in [0.2, 0.25) is 0 Å². The van der Waals surface area contributed by atoms with Gasteiger partial charge in [-0.25, -0.2) is 4.90 Å². The molecule has 0 unspecified atom stereocenters. The minimum absolute atomic E-state index is 0.0196. The summed E-state index contributed by atoms with van der Waals surface area (Å²) in [6.45, 7) is 2.26. The van der Waals surface area contributed by atoms with Crippen LogP contribution in [0.25, 0.3) is 0 Å². The van der Waals surface area contributed by atoms with Crippen molar-refractivity contribution in [1.82, 2.24) is 9.55 Å². The number of anilines is 1. The van der Waals surface area contributed by atoms with Gasteiger partial charge in [-0.1, -0.05) is 19.1 Å². The summed E-state index contributed by atoms with van der Waals surface area (Å²) in [5.41, 5.74) is 0.550. The number of imidazole rings is 1. The van der Waals surface area contributed by atoms with E-state index in [4.69, 9.17) is 5.26 Å². The Labute approximate surface area is 132 Å². The lowest BCUT2D eigenvalue weighted by Crippen LogP contribution is -2.32. The number of hydrogen-bond acceptors (Lipinski definition) is 5. The maximum atomic E-state index is 12.5. The highest BCUT2D eigenvalue weighted by Crippen LogP contribution is 2.29. The summed E-state index contributed by atoms with van der Waals surface area (Å²) in [6, 6.07) is 10.2. The molecule has 0 aliphatic carbocycles. The summed E-state index contributed by atoms with van der Waals surface area (Å²) in [7, 11) is 0. The number of carbonyl (C=O) groups is 2. The Hall–Kier alpha value is -3.45. The van der Waals surface area contributed by atoms with Gasteiger partial charge in [0.15, 0.2) is 11.4 Å². The van der Waals surface area contributed by atoms with Crippen LogP contribution in [0.1, 0.15) is 45.4 Å². The number of fused-ring (bicyclic) bond motifs is 1. The van der Waals surface area contributed by atoms with Crippen LogP contribution in [0.4, 0.5) is 5.95 Å². The summed E-state index contributed by atoms with van der Waals surface area (Å²) < 4.78 is 1.44. The molecule has 2 heterocycles. The normalized spacial score (nSPS) is 12.9. The highest BCUT2D eigenvalue weighted by atomic mass is 16.2. The van der Waals surface area contributed by atoms with Crippen LogP contribution in [0, 0.1) is 22.7 Å². The number of amides is 2. The molecule has 23 heavy (non-hydrogen) atoms. The minimum atomic E-state index is -0.498. The van der Waals surface area contributed by atoms with Gasteiger partial charge in [0.25, 0.3) is 11.8 Å². The molecule has 7 nitrogen and oxygen atoms in total. The SMILES string of the molecule is CCCn1c(N2C(=O)c3ccccc3C2=O)nc(C#N)c1C#N. The number of hydrogen-bond donors (Lipinski definition) is 0. The van der Waals surface area contributed by atoms with Crippen molar-refractivity contribution < 1.29 is 9.59 Å². The number of nitriles is 2. The van der Waals surface area contributed by atoms with Crippen molar-refractivity contribution in [2.24, 2.45) is 0 Å². The first kappa shape index (κ1) is 14.5. The number of imide groups is 1. The van der Waals surface area contributed by atoms with Gasteiger partial charge < -0.3 is 4.57 Å². The van der Waals surface area contributed by atoms with Gasteiger partial charge in [0.2, 0.25) is 5.95 Å². The molecule has 0 fully saturated rings. The number of carbonyl (C=O) groups excluding carboxylic acids is 2. The van der Waals surface area contributed by atoms with Gasteiger partial charge in [0.1, 0.15) is 12.1 Å². The Morgan fingerprint density at radius 3 is 2.17 bits per heavy atom. The molecule has 0 radical (unpaired) electrons. The zero-order valence-corrected chi connectivity index (χ0v) is 12.3. The number of aromatic nitrogens is 2. The maximum Gasteiger partial charge on any atom is 0.268 e. The molecular formula is C16H11N5O2. The van der Waals surface area contributed by atoms with E-state index in [2.05, 4.69) is 4.98 Å². The molecule has 7 heteroatoms. The van der Waals surface area contributed by atoms with Crippen molar-refractivity contribution >= 4 is 17.8 Å². The Bertz CT molecular complexity index is 879. The van der Waals surface area contributed by atoms with Crippen LogP contribution >= 0.6 is 0 Å². The zero-order chi connectivity index (χ0) is 16.6. The Morgan fingerprint density at radius 2 is 1.70 bits per heavy atom. The van der Waals surface area contributed by atoms with Crippen LogP contribution < -0.4 is 4.90 Å². The van der Waals surface area contributed by atoms with Crippen molar-refractivity contribution in [2.45, 2.75) is 19.9 Å². The fourth-order valence-electron chi connectivity index (χ4n) is 2.61. The van der Waals surface area contributed by atoms with Crippen molar-refractivity contribution in [3.8, 4) is 12.1 Å². The van der Waals surface area contributed by atoms with Crippen LogP contribution in [0.3, 0.4) is 0 Å². The Kier molecular flexibility index (Phi) is 3.40. The second-order valence-corrected chi connectivity index (χ2v) is 4.98. The average molecular weight is 305 g/mol. The number of nitrogens with zero attached hydrogens (tertiary/aromatic N) is 5. The van der Waals surface area contributed by atoms with E-state index in [-0.39, 0.29) is 17.3 Å². The topological polar surface area (TPSA) is 103 Å². The number of benzene rings is 1. The van der Waals surface area contributed by atoms with Gasteiger partial charge in [0, 0.05) is 6.54 Å². The fraction of sp³-hybridized carbons (Fsp3) is 0.188. The van der Waals surface area contributed by atoms with Gasteiger partial charge >= 0.3 is 0 Å². The summed E-state index contributed by atoms with van der Waals surface area (Å²) in [5.74, 6) is -0.977. The molecule has 1 aromatic heterocycles. The van der Waals surface area contributed by atoms with Crippen molar-refractivity contribution in [2.75, 3.05) is 4.90 Å². The van der Waals surface area contributed by atoms with Crippen molar-refractivity contribution in [3.63, 3.8) is 0 Å². The summed E-state index contributed by atoms with van der Waals surface area (Å²) >= 11 is 0. The molecule has 0 bridgehead atoms. The number of rotatable bonds is 3. The van der Waals surface area contributed by atoms with Crippen molar-refractivity contribution in [3.05, 3.63) is 46.8 Å². The molecule has 0 atom stereocenters. The lowest BCUT2D eigenvalue weighted by atomic mass is 10.1. The lowest BCUT2D eigenvalue weighted by Gasteiger charge is -2.15. The van der Waals surface area contributed by atoms with Crippen LogP contribution in [0.15, 0.2) is 24.3 Å². The molecule has 0 N–H and O–H groups in total. The molecular weight excluding hydrogens is 294 g/mol. The molecule has 0 saturated carbocycles. The average Bonchev–Trinajstić information content (AvgIpc) is 3.04. The second kappa shape index (κ2) is 5.39. The van der Waals surface area contributed by atoms with E-state index in [1.165, 1.54) is 4.57 Å². The summed E-state index contributed by atoms with van der Waals surface area (Å²) in [4.78, 5) is 30.1. The highest BCUT2D eigenvalue weighted by molar-refractivity contribution is 6.33. The van der Waals surface area contributed by atoms with Gasteiger partial charge in [-0.3, -0.25) is 9.59 Å². The molecule has 0 spiro atoms. The first-order valence-corrected chi connectivity index (χ1v) is 7.02. The molecule has 3 rings (SSSR count). The van der Waals surface area contributed by atoms with Crippen LogP contribution in [-0.4, -0.2) is 21.4 Å². The fourth-order valence-corrected chi connectivity index (χ4v) is 2.61. The molecule has 1 aromatic carbocycles. The van der Waals surface area contributed by atoms with Gasteiger partial charge in [-0.15, -0.1) is 0 Å². The van der Waals surface area contributed by atoms with Crippen molar-refractivity contribution in [1.29, 1.82) is 10.5 Å². The lowest BCUT2D eigenvalue weighted by molar-refractivity contribution is 0.0922. The van der Waals surface area contributed by atoms with E-state index >= 15 is 0 Å². The quantitative estimate of drug-likeness (QED) is 0.805. The third kappa shape index (κ3) is 1.99. The largest absolute Gasteiger partial charge is 0.300 e. The molecule has 2 amide bonds. The van der Waals surface area contributed by atoms with E-state index in [0.717, 1.165) is 4.90 Å². The third-order valence-corrected chi connectivity index (χ3v) is 3.60. The highest BCUT2D eigenvalue weighted by Gasteiger charge is 2.39. The predicted molar refractivity (Wildman–Crippen MR) is 79.5 cm³/mol.